The van der Waals surface area contributed by atoms with E-state index in [1.807, 2.05) is 48.5 Å². The van der Waals surface area contributed by atoms with Gasteiger partial charge in [-0.3, -0.25) is 4.79 Å². The minimum atomic E-state index is -0.384. The standard InChI is InChI=1S/C22H19ClN4O2/c1-29-18-11-3-2-8-15(18)20-19-16(9-5-10-17(19)28)24-22-25-21(26-27(20)22)13-6-4-7-14(23)12-13/h2-4,6-8,11-12,20H,5,9-10H2,1H3,(H,24,25,26). The molecule has 6 nitrogen and oxygen atoms in total. The molecule has 0 fully saturated rings. The second-order valence-corrected chi connectivity index (χ2v) is 7.59. The number of rotatable bonds is 3. The fourth-order valence-corrected chi connectivity index (χ4v) is 4.28. The van der Waals surface area contributed by atoms with Crippen molar-refractivity contribution in [2.75, 3.05) is 12.4 Å². The predicted molar refractivity (Wildman–Crippen MR) is 111 cm³/mol. The number of Topliss-reactive ketones (excluding diaryl/α,β-unsaturated/α-hetero) is 1. The number of benzene rings is 2. The number of hydrogen-bond donors (Lipinski definition) is 1. The number of methoxy groups -OCH3 is 1. The molecule has 146 valence electrons. The van der Waals surface area contributed by atoms with E-state index < -0.39 is 0 Å². The third-order valence-corrected chi connectivity index (χ3v) is 5.62. The van der Waals surface area contributed by atoms with Crippen molar-refractivity contribution in [3.05, 3.63) is 70.4 Å². The van der Waals surface area contributed by atoms with Crippen molar-refractivity contribution in [1.29, 1.82) is 0 Å². The third kappa shape index (κ3) is 3.00. The average molecular weight is 407 g/mol. The first-order valence-electron chi connectivity index (χ1n) is 9.54. The van der Waals surface area contributed by atoms with Crippen LogP contribution in [-0.2, 0) is 4.79 Å². The van der Waals surface area contributed by atoms with E-state index in [0.29, 0.717) is 23.2 Å². The summed E-state index contributed by atoms with van der Waals surface area (Å²) in [6, 6.07) is 14.8. The van der Waals surface area contributed by atoms with Crippen LogP contribution in [0, 0.1) is 0 Å². The zero-order valence-electron chi connectivity index (χ0n) is 15.9. The van der Waals surface area contributed by atoms with Crippen LogP contribution in [0.25, 0.3) is 11.4 Å². The SMILES string of the molecule is COc1ccccc1C1C2=C(CCCC2=O)Nc2nc(-c3cccc(Cl)c3)nn21. The maximum absolute atomic E-state index is 12.9. The number of aromatic nitrogens is 3. The Kier molecular flexibility index (Phi) is 4.36. The van der Waals surface area contributed by atoms with Crippen molar-refractivity contribution in [2.45, 2.75) is 25.3 Å². The van der Waals surface area contributed by atoms with Gasteiger partial charge in [0.25, 0.3) is 0 Å². The highest BCUT2D eigenvalue weighted by Gasteiger charge is 2.38. The van der Waals surface area contributed by atoms with Crippen LogP contribution >= 0.6 is 11.6 Å². The van der Waals surface area contributed by atoms with Crippen molar-refractivity contribution in [3.8, 4) is 17.1 Å². The molecular weight excluding hydrogens is 388 g/mol. The number of carbonyl (C=O) groups is 1. The Morgan fingerprint density at radius 2 is 2.03 bits per heavy atom. The number of para-hydroxylation sites is 1. The van der Waals surface area contributed by atoms with Crippen LogP contribution in [0.2, 0.25) is 5.02 Å². The number of allylic oxidation sites excluding steroid dienone is 2. The zero-order chi connectivity index (χ0) is 20.0. The van der Waals surface area contributed by atoms with E-state index in [1.165, 1.54) is 0 Å². The molecule has 1 unspecified atom stereocenters. The number of ketones is 1. The van der Waals surface area contributed by atoms with E-state index >= 15 is 0 Å². The highest BCUT2D eigenvalue weighted by atomic mass is 35.5. The number of ether oxygens (including phenoxy) is 1. The van der Waals surface area contributed by atoms with Crippen LogP contribution in [0.4, 0.5) is 5.95 Å². The van der Waals surface area contributed by atoms with Crippen LogP contribution in [0.5, 0.6) is 5.75 Å². The number of halogens is 1. The minimum Gasteiger partial charge on any atom is -0.496 e. The lowest BCUT2D eigenvalue weighted by Crippen LogP contribution is -2.31. The third-order valence-electron chi connectivity index (χ3n) is 5.38. The zero-order valence-corrected chi connectivity index (χ0v) is 16.6. The van der Waals surface area contributed by atoms with Gasteiger partial charge in [0.1, 0.15) is 11.8 Å². The Balaban J connectivity index is 1.71. The van der Waals surface area contributed by atoms with Crippen LogP contribution in [0.15, 0.2) is 59.8 Å². The van der Waals surface area contributed by atoms with Crippen molar-refractivity contribution in [1.82, 2.24) is 14.8 Å². The molecule has 1 aliphatic carbocycles. The quantitative estimate of drug-likeness (QED) is 0.686. The summed E-state index contributed by atoms with van der Waals surface area (Å²) in [4.78, 5) is 17.6. The molecule has 2 aliphatic rings. The van der Waals surface area contributed by atoms with E-state index in [9.17, 15) is 4.79 Å². The van der Waals surface area contributed by atoms with E-state index in [1.54, 1.807) is 11.8 Å². The fourth-order valence-electron chi connectivity index (χ4n) is 4.09. The molecule has 1 atom stereocenters. The second-order valence-electron chi connectivity index (χ2n) is 7.15. The average Bonchev–Trinajstić information content (AvgIpc) is 3.16. The Hall–Kier alpha value is -3.12. The Bertz CT molecular complexity index is 1150. The lowest BCUT2D eigenvalue weighted by molar-refractivity contribution is -0.116. The van der Waals surface area contributed by atoms with Gasteiger partial charge in [-0.1, -0.05) is 41.9 Å². The van der Waals surface area contributed by atoms with Gasteiger partial charge in [0.15, 0.2) is 11.6 Å². The van der Waals surface area contributed by atoms with E-state index in [0.717, 1.165) is 41.0 Å². The molecule has 1 aliphatic heterocycles. The summed E-state index contributed by atoms with van der Waals surface area (Å²) in [5.74, 6) is 2.03. The molecule has 7 heteroatoms. The highest BCUT2D eigenvalue weighted by molar-refractivity contribution is 6.30. The molecule has 5 rings (SSSR count). The smallest absolute Gasteiger partial charge is 0.226 e. The first-order valence-corrected chi connectivity index (χ1v) is 9.92. The topological polar surface area (TPSA) is 69.0 Å². The summed E-state index contributed by atoms with van der Waals surface area (Å²) < 4.78 is 7.39. The van der Waals surface area contributed by atoms with Gasteiger partial charge in [-0.2, -0.15) is 4.98 Å². The van der Waals surface area contributed by atoms with Crippen LogP contribution in [0.1, 0.15) is 30.9 Å². The van der Waals surface area contributed by atoms with E-state index in [2.05, 4.69) is 5.32 Å². The molecule has 0 bridgehead atoms. The predicted octanol–water partition coefficient (Wildman–Crippen LogP) is 4.63. The van der Waals surface area contributed by atoms with Gasteiger partial charge in [0.2, 0.25) is 5.95 Å². The Morgan fingerprint density at radius 1 is 1.17 bits per heavy atom. The molecule has 0 spiro atoms. The number of hydrogen-bond acceptors (Lipinski definition) is 5. The summed E-state index contributed by atoms with van der Waals surface area (Å²) in [5, 5.41) is 8.73. The number of anilines is 1. The summed E-state index contributed by atoms with van der Waals surface area (Å²) in [6.07, 6.45) is 2.18. The van der Waals surface area contributed by atoms with Crippen LogP contribution < -0.4 is 10.1 Å². The van der Waals surface area contributed by atoms with Crippen LogP contribution in [0.3, 0.4) is 0 Å². The largest absolute Gasteiger partial charge is 0.496 e. The molecule has 0 amide bonds. The molecule has 1 N–H and O–H groups in total. The van der Waals surface area contributed by atoms with Gasteiger partial charge in [-0.25, -0.2) is 4.68 Å². The van der Waals surface area contributed by atoms with Gasteiger partial charge in [0.05, 0.1) is 7.11 Å². The normalized spacial score (nSPS) is 18.1. The number of fused-ring (bicyclic) bond motifs is 1. The maximum Gasteiger partial charge on any atom is 0.226 e. The fraction of sp³-hybridized carbons (Fsp3) is 0.227. The molecule has 2 aromatic carbocycles. The summed E-state index contributed by atoms with van der Waals surface area (Å²) in [5.41, 5.74) is 3.39. The van der Waals surface area contributed by atoms with Crippen molar-refractivity contribution >= 4 is 23.3 Å². The molecule has 29 heavy (non-hydrogen) atoms. The molecule has 2 heterocycles. The van der Waals surface area contributed by atoms with Crippen LogP contribution in [-0.4, -0.2) is 27.7 Å². The minimum absolute atomic E-state index is 0.139. The monoisotopic (exact) mass is 406 g/mol. The maximum atomic E-state index is 12.9. The first-order chi connectivity index (χ1) is 14.2. The van der Waals surface area contributed by atoms with Crippen molar-refractivity contribution in [2.24, 2.45) is 0 Å². The number of nitrogens with zero attached hydrogens (tertiary/aromatic N) is 3. The highest BCUT2D eigenvalue weighted by Crippen LogP contribution is 2.43. The number of carbonyl (C=O) groups excluding carboxylic acids is 1. The van der Waals surface area contributed by atoms with Gasteiger partial charge in [0, 0.05) is 33.8 Å². The van der Waals surface area contributed by atoms with Gasteiger partial charge in [-0.15, -0.1) is 5.10 Å². The molecular formula is C22H19ClN4O2. The lowest BCUT2D eigenvalue weighted by atomic mass is 9.85. The Labute approximate surface area is 173 Å². The van der Waals surface area contributed by atoms with Crippen molar-refractivity contribution in [3.63, 3.8) is 0 Å². The van der Waals surface area contributed by atoms with E-state index in [4.69, 9.17) is 26.4 Å². The van der Waals surface area contributed by atoms with Gasteiger partial charge in [-0.05, 0) is 31.0 Å². The van der Waals surface area contributed by atoms with Gasteiger partial charge < -0.3 is 10.1 Å². The lowest BCUT2D eigenvalue weighted by Gasteiger charge is -2.32. The molecule has 1 aromatic heterocycles. The second kappa shape index (κ2) is 7.04. The van der Waals surface area contributed by atoms with Crippen molar-refractivity contribution < 1.29 is 9.53 Å². The molecule has 0 saturated carbocycles. The van der Waals surface area contributed by atoms with E-state index in [-0.39, 0.29) is 11.8 Å². The molecule has 0 radical (unpaired) electrons. The number of nitrogens with one attached hydrogen (secondary N) is 1. The summed E-state index contributed by atoms with van der Waals surface area (Å²) >= 11 is 6.16. The summed E-state index contributed by atoms with van der Waals surface area (Å²) in [7, 11) is 1.64. The summed E-state index contributed by atoms with van der Waals surface area (Å²) in [6.45, 7) is 0. The first kappa shape index (κ1) is 17.9. The Morgan fingerprint density at radius 3 is 2.86 bits per heavy atom. The molecule has 0 saturated heterocycles. The van der Waals surface area contributed by atoms with Gasteiger partial charge >= 0.3 is 0 Å². The molecule has 3 aromatic rings.